The Morgan fingerprint density at radius 1 is 1.32 bits per heavy atom. The normalized spacial score (nSPS) is 11.8. The predicted molar refractivity (Wildman–Crippen MR) is 98.5 cm³/mol. The van der Waals surface area contributed by atoms with Gasteiger partial charge in [-0.25, -0.2) is 9.97 Å². The van der Waals surface area contributed by atoms with Gasteiger partial charge in [0.25, 0.3) is 0 Å². The Morgan fingerprint density at radius 2 is 2.12 bits per heavy atom. The molecule has 5 heteroatoms. The lowest BCUT2D eigenvalue weighted by Gasteiger charge is -2.24. The number of ether oxygens (including phenoxy) is 1. The highest BCUT2D eigenvalue weighted by Crippen LogP contribution is 2.21. The van der Waals surface area contributed by atoms with Gasteiger partial charge in [0.2, 0.25) is 5.91 Å². The average Bonchev–Trinajstić information content (AvgIpc) is 2.63. The fourth-order valence-electron chi connectivity index (χ4n) is 2.77. The van der Waals surface area contributed by atoms with E-state index in [9.17, 15) is 4.79 Å². The molecule has 0 aliphatic rings. The zero-order chi connectivity index (χ0) is 18.2. The minimum absolute atomic E-state index is 0.0526. The molecule has 2 aromatic rings. The van der Waals surface area contributed by atoms with Gasteiger partial charge in [-0.2, -0.15) is 0 Å². The number of aryl methyl sites for hydroxylation is 2. The van der Waals surface area contributed by atoms with Gasteiger partial charge in [0.15, 0.2) is 0 Å². The monoisotopic (exact) mass is 341 g/mol. The van der Waals surface area contributed by atoms with E-state index in [4.69, 9.17) is 4.74 Å². The van der Waals surface area contributed by atoms with Crippen LogP contribution in [0.4, 0.5) is 0 Å². The summed E-state index contributed by atoms with van der Waals surface area (Å²) in [4.78, 5) is 22.3. The number of hydrogen-bond acceptors (Lipinski definition) is 4. The molecule has 0 spiro atoms. The van der Waals surface area contributed by atoms with Gasteiger partial charge in [-0.1, -0.05) is 12.1 Å². The molecule has 0 aliphatic carbocycles. The fourth-order valence-corrected chi connectivity index (χ4v) is 2.77. The van der Waals surface area contributed by atoms with Crippen molar-refractivity contribution in [3.63, 3.8) is 0 Å². The molecule has 0 radical (unpaired) electrons. The number of benzene rings is 1. The van der Waals surface area contributed by atoms with Crippen LogP contribution in [0.2, 0.25) is 0 Å². The zero-order valence-electron chi connectivity index (χ0n) is 15.5. The number of aromatic nitrogens is 2. The highest BCUT2D eigenvalue weighted by Gasteiger charge is 2.17. The number of rotatable bonds is 8. The van der Waals surface area contributed by atoms with E-state index < -0.39 is 0 Å². The largest absolute Gasteiger partial charge is 0.494 e. The van der Waals surface area contributed by atoms with Crippen LogP contribution in [0.15, 0.2) is 36.8 Å². The van der Waals surface area contributed by atoms with Crippen LogP contribution >= 0.6 is 0 Å². The lowest BCUT2D eigenvalue weighted by Crippen LogP contribution is -2.30. The molecular formula is C20H27N3O2. The van der Waals surface area contributed by atoms with Crippen molar-refractivity contribution in [2.24, 2.45) is 0 Å². The second kappa shape index (κ2) is 9.16. The van der Waals surface area contributed by atoms with Crippen molar-refractivity contribution in [1.82, 2.24) is 14.9 Å². The molecule has 1 aromatic heterocycles. The Balaban J connectivity index is 1.84. The van der Waals surface area contributed by atoms with Gasteiger partial charge in [-0.15, -0.1) is 0 Å². The van der Waals surface area contributed by atoms with E-state index in [-0.39, 0.29) is 11.9 Å². The second-order valence-electron chi connectivity index (χ2n) is 6.20. The number of carbonyl (C=O) groups excluding carboxylic acids is 1. The van der Waals surface area contributed by atoms with Crippen molar-refractivity contribution in [3.8, 4) is 5.75 Å². The van der Waals surface area contributed by atoms with Gasteiger partial charge >= 0.3 is 0 Å². The van der Waals surface area contributed by atoms with E-state index in [0.29, 0.717) is 13.0 Å². The molecule has 1 unspecified atom stereocenters. The summed E-state index contributed by atoms with van der Waals surface area (Å²) in [5.74, 6) is 1.06. The van der Waals surface area contributed by atoms with Gasteiger partial charge < -0.3 is 9.64 Å². The standard InChI is InChI=1S/C20H27N3O2/c1-5-25-19-10-9-17(13-15(19)2)7-6-8-20(24)23(4)16(3)18-11-12-21-14-22-18/h9-14,16H,5-8H2,1-4H3. The van der Waals surface area contributed by atoms with Crippen LogP contribution in [0.25, 0.3) is 0 Å². The minimum Gasteiger partial charge on any atom is -0.494 e. The minimum atomic E-state index is -0.0526. The summed E-state index contributed by atoms with van der Waals surface area (Å²) < 4.78 is 5.56. The highest BCUT2D eigenvalue weighted by molar-refractivity contribution is 5.76. The third-order valence-corrected chi connectivity index (χ3v) is 4.40. The van der Waals surface area contributed by atoms with Crippen LogP contribution in [0.5, 0.6) is 5.75 Å². The molecule has 1 heterocycles. The Hall–Kier alpha value is -2.43. The smallest absolute Gasteiger partial charge is 0.222 e. The van der Waals surface area contributed by atoms with Gasteiger partial charge in [0, 0.05) is 19.7 Å². The molecule has 0 fully saturated rings. The third kappa shape index (κ3) is 5.28. The maximum absolute atomic E-state index is 12.4. The molecule has 1 aromatic carbocycles. The molecule has 5 nitrogen and oxygen atoms in total. The Kier molecular flexibility index (Phi) is 6.92. The SMILES string of the molecule is CCOc1ccc(CCCC(=O)N(C)C(C)c2ccncn2)cc1C. The van der Waals surface area contributed by atoms with E-state index in [1.54, 1.807) is 11.1 Å². The molecule has 0 saturated carbocycles. The summed E-state index contributed by atoms with van der Waals surface area (Å²) in [5.41, 5.74) is 3.23. The predicted octanol–water partition coefficient (Wildman–Crippen LogP) is 3.73. The zero-order valence-corrected chi connectivity index (χ0v) is 15.5. The van der Waals surface area contributed by atoms with Crippen LogP contribution in [0.3, 0.4) is 0 Å². The summed E-state index contributed by atoms with van der Waals surface area (Å²) in [5, 5.41) is 0. The average molecular weight is 341 g/mol. The van der Waals surface area contributed by atoms with Gasteiger partial charge in [0.05, 0.1) is 18.3 Å². The molecule has 0 saturated heterocycles. The van der Waals surface area contributed by atoms with Crippen molar-refractivity contribution in [1.29, 1.82) is 0 Å². The fraction of sp³-hybridized carbons (Fsp3) is 0.450. The lowest BCUT2D eigenvalue weighted by molar-refractivity contribution is -0.132. The van der Waals surface area contributed by atoms with E-state index in [1.807, 2.05) is 33.0 Å². The number of hydrogen-bond donors (Lipinski definition) is 0. The first-order valence-electron chi connectivity index (χ1n) is 8.76. The molecule has 0 N–H and O–H groups in total. The Morgan fingerprint density at radius 3 is 2.76 bits per heavy atom. The van der Waals surface area contributed by atoms with Crippen LogP contribution in [0, 0.1) is 6.92 Å². The molecule has 0 aliphatic heterocycles. The van der Waals surface area contributed by atoms with E-state index in [0.717, 1.165) is 29.8 Å². The molecule has 25 heavy (non-hydrogen) atoms. The molecule has 1 atom stereocenters. The van der Waals surface area contributed by atoms with Crippen LogP contribution in [0.1, 0.15) is 49.6 Å². The first kappa shape index (κ1) is 18.9. The maximum atomic E-state index is 12.4. The molecular weight excluding hydrogens is 314 g/mol. The van der Waals surface area contributed by atoms with Crippen LogP contribution < -0.4 is 4.74 Å². The number of amides is 1. The van der Waals surface area contributed by atoms with Crippen LogP contribution in [-0.2, 0) is 11.2 Å². The van der Waals surface area contributed by atoms with Gasteiger partial charge in [-0.05, 0) is 56.9 Å². The van der Waals surface area contributed by atoms with Gasteiger partial charge in [0.1, 0.15) is 12.1 Å². The summed E-state index contributed by atoms with van der Waals surface area (Å²) >= 11 is 0. The highest BCUT2D eigenvalue weighted by atomic mass is 16.5. The quantitative estimate of drug-likeness (QED) is 0.734. The van der Waals surface area contributed by atoms with Crippen molar-refractivity contribution >= 4 is 5.91 Å². The van der Waals surface area contributed by atoms with E-state index >= 15 is 0 Å². The van der Waals surface area contributed by atoms with Crippen LogP contribution in [-0.4, -0.2) is 34.4 Å². The summed E-state index contributed by atoms with van der Waals surface area (Å²) in [6, 6.07) is 8.03. The second-order valence-corrected chi connectivity index (χ2v) is 6.20. The van der Waals surface area contributed by atoms with Crippen molar-refractivity contribution in [2.75, 3.05) is 13.7 Å². The summed E-state index contributed by atoms with van der Waals surface area (Å²) in [6.45, 7) is 6.69. The first-order valence-corrected chi connectivity index (χ1v) is 8.76. The number of carbonyl (C=O) groups is 1. The molecule has 1 amide bonds. The topological polar surface area (TPSA) is 55.3 Å². The summed E-state index contributed by atoms with van der Waals surface area (Å²) in [7, 11) is 1.83. The molecule has 134 valence electrons. The Bertz CT molecular complexity index is 689. The van der Waals surface area contributed by atoms with E-state index in [2.05, 4.69) is 29.0 Å². The third-order valence-electron chi connectivity index (χ3n) is 4.40. The van der Waals surface area contributed by atoms with E-state index in [1.165, 1.54) is 11.9 Å². The van der Waals surface area contributed by atoms with Crippen molar-refractivity contribution < 1.29 is 9.53 Å². The lowest BCUT2D eigenvalue weighted by atomic mass is 10.0. The number of nitrogens with zero attached hydrogens (tertiary/aromatic N) is 3. The maximum Gasteiger partial charge on any atom is 0.222 e. The first-order chi connectivity index (χ1) is 12.0. The molecule has 0 bridgehead atoms. The Labute approximate surface area is 150 Å². The van der Waals surface area contributed by atoms with Crippen molar-refractivity contribution in [3.05, 3.63) is 53.6 Å². The van der Waals surface area contributed by atoms with Gasteiger partial charge in [-0.3, -0.25) is 4.79 Å². The summed E-state index contributed by atoms with van der Waals surface area (Å²) in [6.07, 6.45) is 5.45. The molecule has 2 rings (SSSR count). The van der Waals surface area contributed by atoms with Crippen molar-refractivity contribution in [2.45, 2.75) is 46.1 Å².